The van der Waals surface area contributed by atoms with E-state index in [1.165, 1.54) is 12.8 Å². The molecule has 3 rings (SSSR count). The minimum absolute atomic E-state index is 0.0703. The van der Waals surface area contributed by atoms with Gasteiger partial charge in [0.15, 0.2) is 6.61 Å². The van der Waals surface area contributed by atoms with Gasteiger partial charge in [0.05, 0.1) is 0 Å². The number of hydrogen-bond donors (Lipinski definition) is 1. The molecule has 1 N–H and O–H groups in total. The third kappa shape index (κ3) is 3.50. The molecule has 0 aromatic heterocycles. The molecule has 21 heavy (non-hydrogen) atoms. The van der Waals surface area contributed by atoms with E-state index in [1.807, 2.05) is 17.0 Å². The van der Waals surface area contributed by atoms with E-state index in [1.54, 1.807) is 12.1 Å². The molecular formula is C16H21ClN2O2. The van der Waals surface area contributed by atoms with Gasteiger partial charge in [-0.25, -0.2) is 0 Å². The van der Waals surface area contributed by atoms with Gasteiger partial charge in [-0.2, -0.15) is 0 Å². The minimum Gasteiger partial charge on any atom is -0.484 e. The van der Waals surface area contributed by atoms with Crippen LogP contribution in [0.25, 0.3) is 0 Å². The third-order valence-corrected chi connectivity index (χ3v) is 4.74. The van der Waals surface area contributed by atoms with Gasteiger partial charge in [0.1, 0.15) is 5.75 Å². The van der Waals surface area contributed by atoms with Gasteiger partial charge in [-0.3, -0.25) is 4.79 Å². The number of nitrogens with zero attached hydrogens (tertiary/aromatic N) is 1. The topological polar surface area (TPSA) is 41.6 Å². The first-order chi connectivity index (χ1) is 10.2. The fraction of sp³-hybridized carbons (Fsp3) is 0.562. The summed E-state index contributed by atoms with van der Waals surface area (Å²) < 4.78 is 5.56. The van der Waals surface area contributed by atoms with Crippen molar-refractivity contribution in [3.63, 3.8) is 0 Å². The zero-order chi connectivity index (χ0) is 14.7. The second kappa shape index (κ2) is 6.24. The van der Waals surface area contributed by atoms with Crippen molar-refractivity contribution in [2.45, 2.75) is 19.3 Å². The van der Waals surface area contributed by atoms with E-state index in [2.05, 4.69) is 5.32 Å². The molecule has 1 aromatic carbocycles. The lowest BCUT2D eigenvalue weighted by Gasteiger charge is -2.40. The largest absolute Gasteiger partial charge is 0.484 e. The second-order valence-electron chi connectivity index (χ2n) is 6.09. The maximum absolute atomic E-state index is 12.3. The van der Waals surface area contributed by atoms with Crippen molar-refractivity contribution in [1.29, 1.82) is 0 Å². The van der Waals surface area contributed by atoms with Crippen LogP contribution in [0, 0.1) is 5.41 Å². The lowest BCUT2D eigenvalue weighted by Crippen LogP contribution is -2.48. The Morgan fingerprint density at radius 2 is 2.33 bits per heavy atom. The van der Waals surface area contributed by atoms with E-state index in [-0.39, 0.29) is 12.5 Å². The summed E-state index contributed by atoms with van der Waals surface area (Å²) in [5.41, 5.74) is 0.296. The second-order valence-corrected chi connectivity index (χ2v) is 6.53. The molecule has 2 heterocycles. The molecule has 2 saturated heterocycles. The van der Waals surface area contributed by atoms with E-state index in [0.717, 1.165) is 32.6 Å². The molecule has 0 unspecified atom stereocenters. The van der Waals surface area contributed by atoms with Crippen molar-refractivity contribution in [3.8, 4) is 5.75 Å². The van der Waals surface area contributed by atoms with Crippen LogP contribution >= 0.6 is 11.6 Å². The van der Waals surface area contributed by atoms with Gasteiger partial charge in [-0.1, -0.05) is 17.7 Å². The van der Waals surface area contributed by atoms with Crippen LogP contribution in [0.4, 0.5) is 0 Å². The normalized spacial score (nSPS) is 25.3. The molecule has 114 valence electrons. The molecule has 0 bridgehead atoms. The summed E-state index contributed by atoms with van der Waals surface area (Å²) in [5, 5.41) is 4.04. The van der Waals surface area contributed by atoms with E-state index in [0.29, 0.717) is 16.2 Å². The highest BCUT2D eigenvalue weighted by Gasteiger charge is 2.39. The molecule has 4 nitrogen and oxygen atoms in total. The lowest BCUT2D eigenvalue weighted by atomic mass is 9.79. The lowest BCUT2D eigenvalue weighted by molar-refractivity contribution is -0.136. The average molecular weight is 309 g/mol. The maximum Gasteiger partial charge on any atom is 0.260 e. The maximum atomic E-state index is 12.3. The van der Waals surface area contributed by atoms with Crippen LogP contribution in [-0.4, -0.2) is 43.6 Å². The number of nitrogens with one attached hydrogen (secondary N) is 1. The molecule has 1 atom stereocenters. The zero-order valence-electron chi connectivity index (χ0n) is 12.1. The summed E-state index contributed by atoms with van der Waals surface area (Å²) in [7, 11) is 0. The van der Waals surface area contributed by atoms with Crippen molar-refractivity contribution in [2.24, 2.45) is 5.41 Å². The first kappa shape index (κ1) is 14.7. The summed E-state index contributed by atoms with van der Waals surface area (Å²) in [6, 6.07) is 7.16. The summed E-state index contributed by atoms with van der Waals surface area (Å²) in [6.07, 6.45) is 3.48. The van der Waals surface area contributed by atoms with Gasteiger partial charge >= 0.3 is 0 Å². The molecule has 1 spiro atoms. The van der Waals surface area contributed by atoms with Crippen LogP contribution < -0.4 is 10.1 Å². The van der Waals surface area contributed by atoms with Crippen LogP contribution in [-0.2, 0) is 4.79 Å². The molecule has 0 saturated carbocycles. The van der Waals surface area contributed by atoms with Gasteiger partial charge in [-0.05, 0) is 44.0 Å². The number of benzene rings is 1. The van der Waals surface area contributed by atoms with Crippen LogP contribution in [0.15, 0.2) is 24.3 Å². The highest BCUT2D eigenvalue weighted by Crippen LogP contribution is 2.35. The third-order valence-electron chi connectivity index (χ3n) is 4.50. The van der Waals surface area contributed by atoms with E-state index < -0.39 is 0 Å². The van der Waals surface area contributed by atoms with Crippen molar-refractivity contribution in [2.75, 3.05) is 32.8 Å². The number of ether oxygens (including phenoxy) is 1. The number of halogens is 1. The van der Waals surface area contributed by atoms with Gasteiger partial charge in [-0.15, -0.1) is 0 Å². The number of carbonyl (C=O) groups excluding carboxylic acids is 1. The molecule has 1 amide bonds. The molecule has 2 aliphatic rings. The van der Waals surface area contributed by atoms with Crippen molar-refractivity contribution >= 4 is 17.5 Å². The average Bonchev–Trinajstić information content (AvgIpc) is 2.93. The number of piperidine rings is 1. The summed E-state index contributed by atoms with van der Waals surface area (Å²) in [5.74, 6) is 0.714. The van der Waals surface area contributed by atoms with Crippen molar-refractivity contribution in [3.05, 3.63) is 29.3 Å². The Morgan fingerprint density at radius 3 is 3.10 bits per heavy atom. The predicted octanol–water partition coefficient (Wildman–Crippen LogP) is 2.32. The monoisotopic (exact) mass is 308 g/mol. The molecule has 5 heteroatoms. The first-order valence-electron chi connectivity index (χ1n) is 7.54. The highest BCUT2D eigenvalue weighted by atomic mass is 35.5. The number of hydrogen-bond acceptors (Lipinski definition) is 3. The van der Waals surface area contributed by atoms with Gasteiger partial charge in [0.25, 0.3) is 5.91 Å². The summed E-state index contributed by atoms with van der Waals surface area (Å²) in [6.45, 7) is 3.90. The van der Waals surface area contributed by atoms with Crippen LogP contribution in [0.5, 0.6) is 5.75 Å². The van der Waals surface area contributed by atoms with Crippen LogP contribution in [0.2, 0.25) is 5.02 Å². The Hall–Kier alpha value is -1.26. The number of rotatable bonds is 3. The first-order valence-corrected chi connectivity index (χ1v) is 7.92. The Balaban J connectivity index is 1.55. The fourth-order valence-corrected chi connectivity index (χ4v) is 3.54. The van der Waals surface area contributed by atoms with Gasteiger partial charge < -0.3 is 15.0 Å². The van der Waals surface area contributed by atoms with Crippen LogP contribution in [0.3, 0.4) is 0 Å². The van der Waals surface area contributed by atoms with E-state index in [9.17, 15) is 4.79 Å². The molecule has 2 fully saturated rings. The Kier molecular flexibility index (Phi) is 4.36. The number of likely N-dealkylation sites (tertiary alicyclic amines) is 1. The molecule has 2 aliphatic heterocycles. The molecule has 0 aliphatic carbocycles. The predicted molar refractivity (Wildman–Crippen MR) is 82.7 cm³/mol. The Morgan fingerprint density at radius 1 is 1.43 bits per heavy atom. The summed E-state index contributed by atoms with van der Waals surface area (Å²) >= 11 is 5.91. The standard InChI is InChI=1S/C16H21ClN2O2/c17-13-3-1-4-14(9-13)21-10-15(20)19-8-2-5-16(12-19)6-7-18-11-16/h1,3-4,9,18H,2,5-8,10-12H2/t16-/m1/s1. The fourth-order valence-electron chi connectivity index (χ4n) is 3.36. The quantitative estimate of drug-likeness (QED) is 0.932. The Labute approximate surface area is 130 Å². The number of amides is 1. The van der Waals surface area contributed by atoms with E-state index >= 15 is 0 Å². The SMILES string of the molecule is O=C(COc1cccc(Cl)c1)N1CCC[C@]2(CCNC2)C1. The van der Waals surface area contributed by atoms with Gasteiger partial charge in [0.2, 0.25) is 0 Å². The smallest absolute Gasteiger partial charge is 0.260 e. The van der Waals surface area contributed by atoms with E-state index in [4.69, 9.17) is 16.3 Å². The molecule has 0 radical (unpaired) electrons. The Bertz CT molecular complexity index is 515. The van der Waals surface area contributed by atoms with Crippen molar-refractivity contribution < 1.29 is 9.53 Å². The summed E-state index contributed by atoms with van der Waals surface area (Å²) in [4.78, 5) is 14.3. The molecule has 1 aromatic rings. The minimum atomic E-state index is 0.0703. The number of carbonyl (C=O) groups is 1. The zero-order valence-corrected chi connectivity index (χ0v) is 12.9. The molecular weight excluding hydrogens is 288 g/mol. The van der Waals surface area contributed by atoms with Crippen LogP contribution in [0.1, 0.15) is 19.3 Å². The van der Waals surface area contributed by atoms with Gasteiger partial charge in [0, 0.05) is 30.1 Å². The highest BCUT2D eigenvalue weighted by molar-refractivity contribution is 6.30. The van der Waals surface area contributed by atoms with Crippen molar-refractivity contribution in [1.82, 2.24) is 10.2 Å².